The Kier molecular flexibility index (Phi) is 5.30. The lowest BCUT2D eigenvalue weighted by atomic mass is 10.1. The smallest absolute Gasteiger partial charge is 0.225 e. The fourth-order valence-electron chi connectivity index (χ4n) is 2.86. The van der Waals surface area contributed by atoms with E-state index in [1.807, 2.05) is 10.9 Å². The van der Waals surface area contributed by atoms with Gasteiger partial charge in [-0.2, -0.15) is 5.10 Å². The van der Waals surface area contributed by atoms with Crippen LogP contribution in [0.3, 0.4) is 0 Å². The minimum Gasteiger partial charge on any atom is -0.505 e. The molecule has 2 N–H and O–H groups in total. The molecule has 1 atom stereocenters. The molecule has 1 unspecified atom stereocenters. The van der Waals surface area contributed by atoms with Gasteiger partial charge in [-0.25, -0.2) is 9.97 Å². The number of aromatic hydroxyl groups is 1. The van der Waals surface area contributed by atoms with E-state index < -0.39 is 0 Å². The first-order chi connectivity index (χ1) is 11.2. The molecular formula is C15H21ClN6O. The average Bonchev–Trinajstić information content (AvgIpc) is 2.98. The van der Waals surface area contributed by atoms with Gasteiger partial charge in [0.05, 0.1) is 23.6 Å². The van der Waals surface area contributed by atoms with Crippen LogP contribution in [0, 0.1) is 0 Å². The van der Waals surface area contributed by atoms with Gasteiger partial charge < -0.3 is 15.3 Å². The zero-order valence-electron chi connectivity index (χ0n) is 12.9. The molecule has 8 heteroatoms. The summed E-state index contributed by atoms with van der Waals surface area (Å²) < 4.78 is 1.88. The topological polar surface area (TPSA) is 79.1 Å². The average molecular weight is 337 g/mol. The van der Waals surface area contributed by atoms with Crippen molar-refractivity contribution in [3.05, 3.63) is 29.8 Å². The van der Waals surface area contributed by atoms with E-state index in [1.54, 1.807) is 6.20 Å². The van der Waals surface area contributed by atoms with E-state index >= 15 is 0 Å². The fourth-order valence-corrected chi connectivity index (χ4v) is 3.02. The lowest BCUT2D eigenvalue weighted by molar-refractivity contribution is 0.422. The number of unbranched alkanes of at least 4 members (excludes halogenated alkanes) is 1. The molecule has 0 saturated carbocycles. The van der Waals surface area contributed by atoms with Crippen LogP contribution in [0.4, 0.5) is 5.95 Å². The molecule has 7 nitrogen and oxygen atoms in total. The zero-order valence-corrected chi connectivity index (χ0v) is 13.7. The number of halogens is 1. The van der Waals surface area contributed by atoms with Crippen molar-refractivity contribution in [2.45, 2.75) is 31.8 Å². The van der Waals surface area contributed by atoms with Crippen molar-refractivity contribution in [1.82, 2.24) is 25.1 Å². The number of aryl methyl sites for hydroxylation is 1. The minimum atomic E-state index is 0.0957. The maximum Gasteiger partial charge on any atom is 0.225 e. The molecule has 0 radical (unpaired) electrons. The van der Waals surface area contributed by atoms with Gasteiger partial charge in [0, 0.05) is 38.4 Å². The van der Waals surface area contributed by atoms with E-state index in [2.05, 4.69) is 25.3 Å². The molecule has 124 valence electrons. The summed E-state index contributed by atoms with van der Waals surface area (Å²) in [5.74, 6) is 0.784. The molecule has 2 aromatic heterocycles. The van der Waals surface area contributed by atoms with Gasteiger partial charge >= 0.3 is 0 Å². The molecule has 0 amide bonds. The second kappa shape index (κ2) is 7.61. The van der Waals surface area contributed by atoms with Crippen LogP contribution < -0.4 is 10.2 Å². The van der Waals surface area contributed by atoms with Crippen molar-refractivity contribution in [3.63, 3.8) is 0 Å². The van der Waals surface area contributed by atoms with Crippen molar-refractivity contribution in [2.24, 2.45) is 0 Å². The summed E-state index contributed by atoms with van der Waals surface area (Å²) in [7, 11) is 0. The summed E-state index contributed by atoms with van der Waals surface area (Å²) in [6.45, 7) is 3.61. The highest BCUT2D eigenvalue weighted by molar-refractivity contribution is 6.30. The van der Waals surface area contributed by atoms with Crippen molar-refractivity contribution in [3.8, 4) is 5.75 Å². The van der Waals surface area contributed by atoms with Gasteiger partial charge in [-0.1, -0.05) is 11.6 Å². The van der Waals surface area contributed by atoms with Crippen molar-refractivity contribution in [2.75, 3.05) is 24.5 Å². The Labute approximate surface area is 140 Å². The van der Waals surface area contributed by atoms with Crippen LogP contribution in [0.1, 0.15) is 19.3 Å². The monoisotopic (exact) mass is 336 g/mol. The molecule has 1 aliphatic rings. The van der Waals surface area contributed by atoms with E-state index in [0.29, 0.717) is 17.0 Å². The molecule has 3 rings (SSSR count). The van der Waals surface area contributed by atoms with Gasteiger partial charge in [-0.3, -0.25) is 4.68 Å². The molecule has 0 aromatic carbocycles. The molecule has 0 spiro atoms. The summed E-state index contributed by atoms with van der Waals surface area (Å²) in [4.78, 5) is 10.7. The van der Waals surface area contributed by atoms with Gasteiger partial charge in [0.2, 0.25) is 5.95 Å². The van der Waals surface area contributed by atoms with Gasteiger partial charge in [0.1, 0.15) is 0 Å². The molecule has 1 aliphatic heterocycles. The van der Waals surface area contributed by atoms with E-state index in [1.165, 1.54) is 12.4 Å². The van der Waals surface area contributed by atoms with Gasteiger partial charge in [-0.05, 0) is 19.3 Å². The van der Waals surface area contributed by atoms with Crippen LogP contribution in [0.5, 0.6) is 5.75 Å². The Balaban J connectivity index is 1.51. The number of nitrogens with zero attached hydrogens (tertiary/aromatic N) is 5. The third kappa shape index (κ3) is 4.33. The zero-order chi connectivity index (χ0) is 16.1. The summed E-state index contributed by atoms with van der Waals surface area (Å²) >= 11 is 5.86. The van der Waals surface area contributed by atoms with E-state index in [0.717, 1.165) is 45.4 Å². The van der Waals surface area contributed by atoms with Gasteiger partial charge in [0.25, 0.3) is 0 Å². The SMILES string of the molecule is Oc1cnc(N2CCNCC2CCCCn2cc(Cl)cn2)nc1. The van der Waals surface area contributed by atoms with E-state index in [9.17, 15) is 5.11 Å². The van der Waals surface area contributed by atoms with Crippen LogP contribution in [-0.4, -0.2) is 50.5 Å². The van der Waals surface area contributed by atoms with E-state index in [-0.39, 0.29) is 5.75 Å². The summed E-state index contributed by atoms with van der Waals surface area (Å²) in [5, 5.41) is 17.6. The van der Waals surface area contributed by atoms with Gasteiger partial charge in [0.15, 0.2) is 5.75 Å². The molecule has 23 heavy (non-hydrogen) atoms. The maximum atomic E-state index is 9.33. The number of piperazine rings is 1. The number of nitrogens with one attached hydrogen (secondary N) is 1. The predicted molar refractivity (Wildman–Crippen MR) is 88.8 cm³/mol. The second-order valence-electron chi connectivity index (χ2n) is 5.71. The molecule has 2 aromatic rings. The first-order valence-corrected chi connectivity index (χ1v) is 8.26. The van der Waals surface area contributed by atoms with Crippen molar-refractivity contribution >= 4 is 17.5 Å². The number of hydrogen-bond donors (Lipinski definition) is 2. The maximum absolute atomic E-state index is 9.33. The minimum absolute atomic E-state index is 0.0957. The number of rotatable bonds is 6. The van der Waals surface area contributed by atoms with E-state index in [4.69, 9.17) is 11.6 Å². The highest BCUT2D eigenvalue weighted by Crippen LogP contribution is 2.18. The Morgan fingerprint density at radius 2 is 2.09 bits per heavy atom. The van der Waals surface area contributed by atoms with Crippen LogP contribution >= 0.6 is 11.6 Å². The summed E-state index contributed by atoms with van der Waals surface area (Å²) in [6, 6.07) is 0.370. The Bertz CT molecular complexity index is 617. The van der Waals surface area contributed by atoms with Crippen LogP contribution in [0.15, 0.2) is 24.8 Å². The molecular weight excluding hydrogens is 316 g/mol. The molecule has 1 saturated heterocycles. The third-order valence-electron chi connectivity index (χ3n) is 4.01. The second-order valence-corrected chi connectivity index (χ2v) is 6.15. The van der Waals surface area contributed by atoms with Crippen LogP contribution in [0.2, 0.25) is 5.02 Å². The Morgan fingerprint density at radius 1 is 1.26 bits per heavy atom. The largest absolute Gasteiger partial charge is 0.505 e. The highest BCUT2D eigenvalue weighted by Gasteiger charge is 2.23. The van der Waals surface area contributed by atoms with Crippen LogP contribution in [-0.2, 0) is 6.54 Å². The number of hydrogen-bond acceptors (Lipinski definition) is 6. The van der Waals surface area contributed by atoms with Crippen LogP contribution in [0.25, 0.3) is 0 Å². The third-order valence-corrected chi connectivity index (χ3v) is 4.20. The Morgan fingerprint density at radius 3 is 2.83 bits per heavy atom. The fraction of sp³-hybridized carbons (Fsp3) is 0.533. The van der Waals surface area contributed by atoms with Crippen molar-refractivity contribution < 1.29 is 5.11 Å². The molecule has 0 bridgehead atoms. The lowest BCUT2D eigenvalue weighted by Gasteiger charge is -2.36. The van der Waals surface area contributed by atoms with Crippen molar-refractivity contribution in [1.29, 1.82) is 0 Å². The number of anilines is 1. The standard InChI is InChI=1S/C15H21ClN6O/c16-12-7-20-21(11-12)5-2-1-3-13-8-17-4-6-22(13)15-18-9-14(23)10-19-15/h7,9-11,13,17,23H,1-6,8H2. The molecule has 0 aliphatic carbocycles. The summed E-state index contributed by atoms with van der Waals surface area (Å²) in [5.41, 5.74) is 0. The number of aromatic nitrogens is 4. The summed E-state index contributed by atoms with van der Waals surface area (Å²) in [6.07, 6.45) is 9.62. The molecule has 3 heterocycles. The normalized spacial score (nSPS) is 18.3. The first kappa shape index (κ1) is 16.0. The quantitative estimate of drug-likeness (QED) is 0.781. The predicted octanol–water partition coefficient (Wildman–Crippen LogP) is 1.68. The Hall–Kier alpha value is -1.86. The first-order valence-electron chi connectivity index (χ1n) is 7.89. The van der Waals surface area contributed by atoms with Gasteiger partial charge in [-0.15, -0.1) is 0 Å². The lowest BCUT2D eigenvalue weighted by Crippen LogP contribution is -2.52. The highest BCUT2D eigenvalue weighted by atomic mass is 35.5. The molecule has 1 fully saturated rings.